The van der Waals surface area contributed by atoms with Gasteiger partial charge in [-0.1, -0.05) is 33.1 Å². The second-order valence-electron chi connectivity index (χ2n) is 6.51. The molecule has 1 unspecified atom stereocenters. The molecule has 1 aliphatic carbocycles. The van der Waals surface area contributed by atoms with Crippen molar-refractivity contribution in [3.05, 3.63) is 0 Å². The summed E-state index contributed by atoms with van der Waals surface area (Å²) in [6, 6.07) is -0.491. The first-order valence-corrected chi connectivity index (χ1v) is 7.60. The zero-order chi connectivity index (χ0) is 15.9. The first-order valence-electron chi connectivity index (χ1n) is 7.60. The Bertz CT molecular complexity index is 389. The predicted molar refractivity (Wildman–Crippen MR) is 78.8 cm³/mol. The molecule has 0 aromatic carbocycles. The molecule has 3 N–H and O–H groups in total. The Morgan fingerprint density at radius 2 is 1.76 bits per heavy atom. The second kappa shape index (κ2) is 8.00. The van der Waals surface area contributed by atoms with Gasteiger partial charge in [0.2, 0.25) is 5.91 Å². The van der Waals surface area contributed by atoms with Gasteiger partial charge in [-0.15, -0.1) is 0 Å². The number of nitrogens with one attached hydrogen (secondary N) is 2. The number of aliphatic carboxylic acids is 1. The number of urea groups is 1. The lowest BCUT2D eigenvalue weighted by Crippen LogP contribution is -2.44. The number of carbonyl (C=O) groups excluding carboxylic acids is 2. The molecule has 21 heavy (non-hydrogen) atoms. The standard InChI is InChI=1S/C15H26N2O4/c1-11(9-13(19)20)8-12(18)17-14(21)16-10-15(2)6-4-3-5-7-15/h11H,3-10H2,1-2H3,(H,19,20)(H2,16,17,18,21). The van der Waals surface area contributed by atoms with Crippen molar-refractivity contribution in [1.29, 1.82) is 0 Å². The number of carbonyl (C=O) groups is 3. The predicted octanol–water partition coefficient (Wildman–Crippen LogP) is 2.28. The number of carboxylic acid groups (broad SMARTS) is 1. The van der Waals surface area contributed by atoms with Gasteiger partial charge in [0.05, 0.1) is 0 Å². The van der Waals surface area contributed by atoms with Crippen LogP contribution in [0.5, 0.6) is 0 Å². The molecular formula is C15H26N2O4. The van der Waals surface area contributed by atoms with Crippen LogP contribution in [-0.4, -0.2) is 29.6 Å². The van der Waals surface area contributed by atoms with Crippen LogP contribution in [0.1, 0.15) is 58.8 Å². The Morgan fingerprint density at radius 1 is 1.14 bits per heavy atom. The highest BCUT2D eigenvalue weighted by atomic mass is 16.4. The number of carboxylic acids is 1. The summed E-state index contributed by atoms with van der Waals surface area (Å²) < 4.78 is 0. The van der Waals surface area contributed by atoms with Gasteiger partial charge in [0.25, 0.3) is 0 Å². The summed E-state index contributed by atoms with van der Waals surface area (Å²) >= 11 is 0. The molecule has 1 fully saturated rings. The smallest absolute Gasteiger partial charge is 0.321 e. The van der Waals surface area contributed by atoms with E-state index in [1.807, 2.05) is 0 Å². The lowest BCUT2D eigenvalue weighted by molar-refractivity contribution is -0.138. The van der Waals surface area contributed by atoms with E-state index in [0.29, 0.717) is 6.54 Å². The van der Waals surface area contributed by atoms with E-state index in [-0.39, 0.29) is 24.2 Å². The average molecular weight is 298 g/mol. The van der Waals surface area contributed by atoms with Crippen LogP contribution in [0.3, 0.4) is 0 Å². The van der Waals surface area contributed by atoms with Crippen molar-refractivity contribution in [2.45, 2.75) is 58.8 Å². The van der Waals surface area contributed by atoms with Crippen molar-refractivity contribution in [3.63, 3.8) is 0 Å². The van der Waals surface area contributed by atoms with Crippen molar-refractivity contribution < 1.29 is 19.5 Å². The Balaban J connectivity index is 2.26. The minimum absolute atomic E-state index is 0.0387. The first kappa shape index (κ1) is 17.5. The van der Waals surface area contributed by atoms with E-state index in [2.05, 4.69) is 17.6 Å². The first-order chi connectivity index (χ1) is 9.81. The van der Waals surface area contributed by atoms with Gasteiger partial charge in [0, 0.05) is 19.4 Å². The number of imide groups is 1. The maximum Gasteiger partial charge on any atom is 0.321 e. The second-order valence-corrected chi connectivity index (χ2v) is 6.51. The van der Waals surface area contributed by atoms with Gasteiger partial charge in [-0.2, -0.15) is 0 Å². The summed E-state index contributed by atoms with van der Waals surface area (Å²) in [5, 5.41) is 13.6. The molecule has 1 atom stereocenters. The highest BCUT2D eigenvalue weighted by Gasteiger charge is 2.27. The molecule has 0 saturated heterocycles. The molecule has 1 aliphatic rings. The lowest BCUT2D eigenvalue weighted by atomic mass is 9.76. The molecule has 0 radical (unpaired) electrons. The fraction of sp³-hybridized carbons (Fsp3) is 0.800. The van der Waals surface area contributed by atoms with Crippen LogP contribution in [0.4, 0.5) is 4.79 Å². The largest absolute Gasteiger partial charge is 0.481 e. The van der Waals surface area contributed by atoms with Crippen molar-refractivity contribution >= 4 is 17.9 Å². The quantitative estimate of drug-likeness (QED) is 0.701. The van der Waals surface area contributed by atoms with Crippen molar-refractivity contribution in [2.24, 2.45) is 11.3 Å². The van der Waals surface area contributed by atoms with E-state index in [0.717, 1.165) is 12.8 Å². The van der Waals surface area contributed by atoms with E-state index in [4.69, 9.17) is 5.11 Å². The highest BCUT2D eigenvalue weighted by Crippen LogP contribution is 2.34. The number of rotatable bonds is 6. The Labute approximate surface area is 125 Å². The van der Waals surface area contributed by atoms with Gasteiger partial charge in [-0.3, -0.25) is 14.9 Å². The van der Waals surface area contributed by atoms with Gasteiger partial charge in [0.15, 0.2) is 0 Å². The molecule has 120 valence electrons. The molecule has 0 aromatic rings. The van der Waals surface area contributed by atoms with Crippen LogP contribution >= 0.6 is 0 Å². The van der Waals surface area contributed by atoms with Crippen LogP contribution in [0.15, 0.2) is 0 Å². The van der Waals surface area contributed by atoms with Crippen LogP contribution in [0, 0.1) is 11.3 Å². The van der Waals surface area contributed by atoms with E-state index < -0.39 is 17.9 Å². The van der Waals surface area contributed by atoms with Crippen molar-refractivity contribution in [2.75, 3.05) is 6.54 Å². The molecule has 6 nitrogen and oxygen atoms in total. The molecular weight excluding hydrogens is 272 g/mol. The number of hydrogen-bond acceptors (Lipinski definition) is 3. The fourth-order valence-corrected chi connectivity index (χ4v) is 2.78. The maximum absolute atomic E-state index is 11.7. The summed E-state index contributed by atoms with van der Waals surface area (Å²) in [6.45, 7) is 4.40. The minimum Gasteiger partial charge on any atom is -0.481 e. The van der Waals surface area contributed by atoms with Gasteiger partial charge in [-0.25, -0.2) is 4.79 Å². The maximum atomic E-state index is 11.7. The summed E-state index contributed by atoms with van der Waals surface area (Å²) in [6.07, 6.45) is 5.77. The summed E-state index contributed by atoms with van der Waals surface area (Å²) in [5.41, 5.74) is 0.120. The third-order valence-electron chi connectivity index (χ3n) is 4.05. The van der Waals surface area contributed by atoms with E-state index >= 15 is 0 Å². The third-order valence-corrected chi connectivity index (χ3v) is 4.05. The van der Waals surface area contributed by atoms with E-state index in [9.17, 15) is 14.4 Å². The minimum atomic E-state index is -0.940. The summed E-state index contributed by atoms with van der Waals surface area (Å²) in [5.74, 6) is -1.66. The van der Waals surface area contributed by atoms with Gasteiger partial charge in [0.1, 0.15) is 0 Å². The molecule has 1 saturated carbocycles. The SMILES string of the molecule is CC(CC(=O)O)CC(=O)NC(=O)NCC1(C)CCCCC1. The molecule has 0 heterocycles. The Kier molecular flexibility index (Phi) is 6.65. The number of amides is 3. The molecule has 0 aliphatic heterocycles. The summed E-state index contributed by atoms with van der Waals surface area (Å²) in [7, 11) is 0. The lowest BCUT2D eigenvalue weighted by Gasteiger charge is -2.33. The van der Waals surface area contributed by atoms with E-state index in [1.165, 1.54) is 19.3 Å². The molecule has 0 bridgehead atoms. The molecule has 1 rings (SSSR count). The topological polar surface area (TPSA) is 95.5 Å². The van der Waals surface area contributed by atoms with Gasteiger partial charge in [-0.05, 0) is 24.2 Å². The normalized spacial score (nSPS) is 18.6. The van der Waals surface area contributed by atoms with Crippen LogP contribution in [-0.2, 0) is 9.59 Å². The van der Waals surface area contributed by atoms with Crippen LogP contribution in [0.2, 0.25) is 0 Å². The molecule has 0 aromatic heterocycles. The molecule has 0 spiro atoms. The Hall–Kier alpha value is -1.59. The monoisotopic (exact) mass is 298 g/mol. The average Bonchev–Trinajstić information content (AvgIpc) is 2.36. The summed E-state index contributed by atoms with van der Waals surface area (Å²) in [4.78, 5) is 33.8. The van der Waals surface area contributed by atoms with Gasteiger partial charge >= 0.3 is 12.0 Å². The third kappa shape index (κ3) is 7.11. The van der Waals surface area contributed by atoms with E-state index in [1.54, 1.807) is 6.92 Å². The molecule has 6 heteroatoms. The van der Waals surface area contributed by atoms with Crippen molar-refractivity contribution in [3.8, 4) is 0 Å². The Morgan fingerprint density at radius 3 is 2.33 bits per heavy atom. The highest BCUT2D eigenvalue weighted by molar-refractivity contribution is 5.94. The van der Waals surface area contributed by atoms with Crippen molar-refractivity contribution in [1.82, 2.24) is 10.6 Å². The zero-order valence-corrected chi connectivity index (χ0v) is 12.9. The van der Waals surface area contributed by atoms with Gasteiger partial charge < -0.3 is 10.4 Å². The van der Waals surface area contributed by atoms with Crippen LogP contribution < -0.4 is 10.6 Å². The van der Waals surface area contributed by atoms with Crippen LogP contribution in [0.25, 0.3) is 0 Å². The zero-order valence-electron chi connectivity index (χ0n) is 12.9. The number of hydrogen-bond donors (Lipinski definition) is 3. The molecule has 3 amide bonds. The fourth-order valence-electron chi connectivity index (χ4n) is 2.78.